The predicted molar refractivity (Wildman–Crippen MR) is 117 cm³/mol. The summed E-state index contributed by atoms with van der Waals surface area (Å²) in [6, 6.07) is 13.6. The van der Waals surface area contributed by atoms with Crippen LogP contribution in [0.4, 0.5) is 0 Å². The molecule has 1 fully saturated rings. The number of nitriles is 1. The molecule has 3 heterocycles. The number of amides is 1. The standard InChI is InChI=1S/C21H19ClN4OS2/c22-19-7-6-18(29-19)20-24-17(14-28-20)21(27)26-9-1-8-25(10-11-26)13-16-4-2-15(12-23)3-5-16/h2-7,14H,1,8-11,13H2. The van der Waals surface area contributed by atoms with Gasteiger partial charge in [-0.3, -0.25) is 9.69 Å². The lowest BCUT2D eigenvalue weighted by atomic mass is 10.1. The minimum Gasteiger partial charge on any atom is -0.336 e. The van der Waals surface area contributed by atoms with Gasteiger partial charge in [-0.2, -0.15) is 5.26 Å². The Kier molecular flexibility index (Phi) is 6.26. The lowest BCUT2D eigenvalue weighted by molar-refractivity contribution is 0.0756. The summed E-state index contributed by atoms with van der Waals surface area (Å²) >= 11 is 8.96. The lowest BCUT2D eigenvalue weighted by Crippen LogP contribution is -2.35. The van der Waals surface area contributed by atoms with Crippen molar-refractivity contribution in [2.75, 3.05) is 26.2 Å². The van der Waals surface area contributed by atoms with Gasteiger partial charge in [-0.25, -0.2) is 4.98 Å². The van der Waals surface area contributed by atoms with Crippen LogP contribution in [0.2, 0.25) is 4.34 Å². The number of thiazole rings is 1. The number of carbonyl (C=O) groups is 1. The van der Waals surface area contributed by atoms with E-state index in [9.17, 15) is 4.79 Å². The van der Waals surface area contributed by atoms with Crippen LogP contribution in [0.3, 0.4) is 0 Å². The Morgan fingerprint density at radius 3 is 2.69 bits per heavy atom. The van der Waals surface area contributed by atoms with Gasteiger partial charge in [0.15, 0.2) is 0 Å². The lowest BCUT2D eigenvalue weighted by Gasteiger charge is -2.21. The molecular formula is C21H19ClN4OS2. The maximum Gasteiger partial charge on any atom is 0.273 e. The number of carbonyl (C=O) groups excluding carboxylic acids is 1. The van der Waals surface area contributed by atoms with E-state index in [2.05, 4.69) is 16.0 Å². The van der Waals surface area contributed by atoms with Crippen molar-refractivity contribution in [3.63, 3.8) is 0 Å². The Hall–Kier alpha value is -2.24. The Labute approximate surface area is 182 Å². The van der Waals surface area contributed by atoms with Gasteiger partial charge in [0, 0.05) is 38.1 Å². The van der Waals surface area contributed by atoms with E-state index in [1.54, 1.807) is 0 Å². The van der Waals surface area contributed by atoms with E-state index < -0.39 is 0 Å². The predicted octanol–water partition coefficient (Wildman–Crippen LogP) is 4.74. The fourth-order valence-corrected chi connectivity index (χ4v) is 5.26. The first kappa shape index (κ1) is 20.0. The smallest absolute Gasteiger partial charge is 0.273 e. The van der Waals surface area contributed by atoms with Gasteiger partial charge in [0.25, 0.3) is 5.91 Å². The number of benzene rings is 1. The van der Waals surface area contributed by atoms with Crippen molar-refractivity contribution < 1.29 is 4.79 Å². The molecule has 1 amide bonds. The molecule has 1 aliphatic rings. The first-order valence-corrected chi connectivity index (χ1v) is 11.4. The van der Waals surface area contributed by atoms with E-state index in [1.807, 2.05) is 46.7 Å². The number of halogens is 1. The molecule has 148 valence electrons. The van der Waals surface area contributed by atoms with Gasteiger partial charge in [-0.1, -0.05) is 23.7 Å². The van der Waals surface area contributed by atoms with E-state index in [1.165, 1.54) is 28.2 Å². The molecule has 1 aromatic carbocycles. The van der Waals surface area contributed by atoms with Gasteiger partial charge in [-0.05, 0) is 36.2 Å². The van der Waals surface area contributed by atoms with Crippen molar-refractivity contribution in [3.05, 3.63) is 62.9 Å². The maximum atomic E-state index is 12.9. The number of hydrogen-bond donors (Lipinski definition) is 0. The van der Waals surface area contributed by atoms with Crippen LogP contribution in [0, 0.1) is 11.3 Å². The molecule has 0 radical (unpaired) electrons. The SMILES string of the molecule is N#Cc1ccc(CN2CCCN(C(=O)c3csc(-c4ccc(Cl)s4)n3)CC2)cc1. The first-order chi connectivity index (χ1) is 14.1. The van der Waals surface area contributed by atoms with Gasteiger partial charge in [0.05, 0.1) is 20.8 Å². The van der Waals surface area contributed by atoms with Crippen molar-refractivity contribution in [2.24, 2.45) is 0 Å². The number of rotatable bonds is 4. The Bertz CT molecular complexity index is 1040. The summed E-state index contributed by atoms with van der Waals surface area (Å²) in [6.07, 6.45) is 0.930. The molecule has 8 heteroatoms. The second-order valence-electron chi connectivity index (χ2n) is 6.87. The first-order valence-electron chi connectivity index (χ1n) is 9.34. The summed E-state index contributed by atoms with van der Waals surface area (Å²) in [4.78, 5) is 22.7. The molecule has 0 spiro atoms. The molecule has 0 N–H and O–H groups in total. The van der Waals surface area contributed by atoms with Crippen LogP contribution in [-0.4, -0.2) is 46.9 Å². The average molecular weight is 443 g/mol. The van der Waals surface area contributed by atoms with Crippen LogP contribution in [0.5, 0.6) is 0 Å². The van der Waals surface area contributed by atoms with Crippen molar-refractivity contribution in [3.8, 4) is 16.0 Å². The highest BCUT2D eigenvalue weighted by Gasteiger charge is 2.22. The molecule has 0 atom stereocenters. The third-order valence-electron chi connectivity index (χ3n) is 4.87. The van der Waals surface area contributed by atoms with Gasteiger partial charge in [0.2, 0.25) is 0 Å². The monoisotopic (exact) mass is 442 g/mol. The van der Waals surface area contributed by atoms with E-state index >= 15 is 0 Å². The molecule has 0 aliphatic carbocycles. The summed E-state index contributed by atoms with van der Waals surface area (Å²) in [5.74, 6) is -0.00428. The van der Waals surface area contributed by atoms with Crippen molar-refractivity contribution in [1.82, 2.24) is 14.8 Å². The van der Waals surface area contributed by atoms with Crippen molar-refractivity contribution in [1.29, 1.82) is 5.26 Å². The normalized spacial score (nSPS) is 15.1. The van der Waals surface area contributed by atoms with Crippen LogP contribution in [0.1, 0.15) is 28.0 Å². The molecule has 3 aromatic rings. The van der Waals surface area contributed by atoms with Crippen LogP contribution < -0.4 is 0 Å². The number of nitrogens with zero attached hydrogens (tertiary/aromatic N) is 4. The second-order valence-corrected chi connectivity index (χ2v) is 9.45. The minimum absolute atomic E-state index is 0.00428. The zero-order chi connectivity index (χ0) is 20.2. The largest absolute Gasteiger partial charge is 0.336 e. The second kappa shape index (κ2) is 9.06. The molecule has 29 heavy (non-hydrogen) atoms. The molecule has 5 nitrogen and oxygen atoms in total. The molecule has 1 saturated heterocycles. The molecule has 1 aliphatic heterocycles. The number of hydrogen-bond acceptors (Lipinski definition) is 6. The van der Waals surface area contributed by atoms with E-state index in [0.29, 0.717) is 17.8 Å². The molecule has 2 aromatic heterocycles. The van der Waals surface area contributed by atoms with Crippen LogP contribution in [0.15, 0.2) is 41.8 Å². The van der Waals surface area contributed by atoms with Crippen LogP contribution >= 0.6 is 34.3 Å². The van der Waals surface area contributed by atoms with Crippen LogP contribution in [0.25, 0.3) is 9.88 Å². The quantitative estimate of drug-likeness (QED) is 0.585. The van der Waals surface area contributed by atoms with Gasteiger partial charge >= 0.3 is 0 Å². The van der Waals surface area contributed by atoms with E-state index in [-0.39, 0.29) is 5.91 Å². The van der Waals surface area contributed by atoms with Gasteiger partial charge in [0.1, 0.15) is 10.7 Å². The van der Waals surface area contributed by atoms with Crippen LogP contribution in [-0.2, 0) is 6.54 Å². The fourth-order valence-electron chi connectivity index (χ4n) is 3.35. The van der Waals surface area contributed by atoms with Gasteiger partial charge in [-0.15, -0.1) is 22.7 Å². The highest BCUT2D eigenvalue weighted by Crippen LogP contribution is 2.33. The maximum absolute atomic E-state index is 12.9. The highest BCUT2D eigenvalue weighted by atomic mass is 35.5. The zero-order valence-electron chi connectivity index (χ0n) is 15.7. The minimum atomic E-state index is -0.00428. The van der Waals surface area contributed by atoms with Crippen molar-refractivity contribution >= 4 is 40.2 Å². The number of aromatic nitrogens is 1. The zero-order valence-corrected chi connectivity index (χ0v) is 18.1. The van der Waals surface area contributed by atoms with Crippen molar-refractivity contribution in [2.45, 2.75) is 13.0 Å². The van der Waals surface area contributed by atoms with E-state index in [0.717, 1.165) is 46.8 Å². The Balaban J connectivity index is 1.37. The fraction of sp³-hybridized carbons (Fsp3) is 0.286. The molecular weight excluding hydrogens is 424 g/mol. The molecule has 0 bridgehead atoms. The van der Waals surface area contributed by atoms with E-state index in [4.69, 9.17) is 16.9 Å². The average Bonchev–Trinajstić information content (AvgIpc) is 3.33. The molecule has 0 saturated carbocycles. The Morgan fingerprint density at radius 2 is 1.97 bits per heavy atom. The third-order valence-corrected chi connectivity index (χ3v) is 7.11. The molecule has 0 unspecified atom stereocenters. The number of thiophene rings is 1. The summed E-state index contributed by atoms with van der Waals surface area (Å²) in [5, 5.41) is 11.6. The molecule has 4 rings (SSSR count). The van der Waals surface area contributed by atoms with Gasteiger partial charge < -0.3 is 4.90 Å². The summed E-state index contributed by atoms with van der Waals surface area (Å²) in [7, 11) is 0. The Morgan fingerprint density at radius 1 is 1.14 bits per heavy atom. The topological polar surface area (TPSA) is 60.2 Å². The summed E-state index contributed by atoms with van der Waals surface area (Å²) in [6.45, 7) is 4.02. The third kappa shape index (κ3) is 4.85. The summed E-state index contributed by atoms with van der Waals surface area (Å²) < 4.78 is 0.720. The summed E-state index contributed by atoms with van der Waals surface area (Å²) in [5.41, 5.74) is 2.37. The highest BCUT2D eigenvalue weighted by molar-refractivity contribution is 7.23.